The molecule has 0 bridgehead atoms. The van der Waals surface area contributed by atoms with Gasteiger partial charge in [0.1, 0.15) is 19.3 Å². The minimum atomic E-state index is -4.96. The third-order valence-corrected chi connectivity index (χ3v) is 20.4. The van der Waals surface area contributed by atoms with Crippen LogP contribution in [0.2, 0.25) is 0 Å². The molecule has 0 aliphatic carbocycles. The fourth-order valence-electron chi connectivity index (χ4n) is 12.2. The predicted octanol–water partition coefficient (Wildman–Crippen LogP) is 23.5. The van der Waals surface area contributed by atoms with Crippen LogP contribution in [0.3, 0.4) is 0 Å². The van der Waals surface area contributed by atoms with Crippen molar-refractivity contribution in [3.63, 3.8) is 0 Å². The second kappa shape index (κ2) is 70.7. The molecule has 0 aromatic heterocycles. The maximum atomic E-state index is 13.1. The van der Waals surface area contributed by atoms with Crippen LogP contribution in [0, 0.1) is 11.8 Å². The SMILES string of the molecule is CCCCCCCCCCCCCCCCCCCCC(=O)O[C@H](COC(=O)CCCCCCCCCCCCCCC(C)C)COP(=O)(O)OC[C@@H](O)COP(=O)(O)OC[C@@H](COC(=O)CCCCCCCCCCC(C)C)OC(=O)CCCCCCCCCCCCCCCC. The lowest BCUT2D eigenvalue weighted by molar-refractivity contribution is -0.161. The normalized spacial score (nSPS) is 13.9. The van der Waals surface area contributed by atoms with E-state index < -0.39 is 97.5 Å². The molecule has 0 aromatic rings. The van der Waals surface area contributed by atoms with Crippen molar-refractivity contribution in [3.05, 3.63) is 0 Å². The van der Waals surface area contributed by atoms with E-state index in [1.165, 1.54) is 231 Å². The summed E-state index contributed by atoms with van der Waals surface area (Å²) in [7, 11) is -9.92. The zero-order valence-electron chi connectivity index (χ0n) is 64.1. The third kappa shape index (κ3) is 72.4. The van der Waals surface area contributed by atoms with Crippen molar-refractivity contribution in [1.82, 2.24) is 0 Å². The highest BCUT2D eigenvalue weighted by Gasteiger charge is 2.30. The number of esters is 4. The molecule has 0 spiro atoms. The van der Waals surface area contributed by atoms with Gasteiger partial charge < -0.3 is 33.8 Å². The standard InChI is InChI=1S/C79H154O17P2/c1-7-9-11-13-15-17-19-21-23-24-25-26-28-34-38-46-52-58-64-79(84)95-74(67-89-76(81)61-55-49-43-36-32-30-29-31-35-41-47-53-59-71(3)4)69-93-97(85,86)91-65-73(80)66-92-98(87,88)94-70-75(68-90-77(82)62-56-50-44-40-39-42-48-54-60-72(5)6)96-78(83)63-57-51-45-37-33-27-22-20-18-16-14-12-10-8-2/h71-75,80H,7-70H2,1-6H3,(H,85,86)(H,87,88)/t73-,74-,75-/m1/s1. The van der Waals surface area contributed by atoms with Gasteiger partial charge in [0.25, 0.3) is 0 Å². The molecule has 3 N–H and O–H groups in total. The largest absolute Gasteiger partial charge is 0.472 e. The highest BCUT2D eigenvalue weighted by atomic mass is 31.2. The van der Waals surface area contributed by atoms with Crippen molar-refractivity contribution >= 4 is 39.5 Å². The van der Waals surface area contributed by atoms with E-state index in [0.29, 0.717) is 25.7 Å². The molecule has 0 aliphatic rings. The van der Waals surface area contributed by atoms with E-state index in [0.717, 1.165) is 102 Å². The van der Waals surface area contributed by atoms with Crippen molar-refractivity contribution in [3.8, 4) is 0 Å². The molecule has 582 valence electrons. The van der Waals surface area contributed by atoms with E-state index >= 15 is 0 Å². The maximum absolute atomic E-state index is 13.1. The number of carbonyl (C=O) groups is 4. The Labute approximate surface area is 600 Å². The molecule has 98 heavy (non-hydrogen) atoms. The van der Waals surface area contributed by atoms with Crippen molar-refractivity contribution in [2.24, 2.45) is 11.8 Å². The second-order valence-corrected chi connectivity index (χ2v) is 32.3. The molecule has 5 atom stereocenters. The molecule has 0 aliphatic heterocycles. The van der Waals surface area contributed by atoms with E-state index in [1.54, 1.807) is 0 Å². The Balaban J connectivity index is 5.25. The lowest BCUT2D eigenvalue weighted by Gasteiger charge is -2.21. The van der Waals surface area contributed by atoms with E-state index in [-0.39, 0.29) is 25.7 Å². The van der Waals surface area contributed by atoms with Gasteiger partial charge in [-0.05, 0) is 37.5 Å². The van der Waals surface area contributed by atoms with Crippen LogP contribution in [0.5, 0.6) is 0 Å². The van der Waals surface area contributed by atoms with Crippen LogP contribution in [0.15, 0.2) is 0 Å². The molecule has 17 nitrogen and oxygen atoms in total. The van der Waals surface area contributed by atoms with Crippen LogP contribution < -0.4 is 0 Å². The number of rotatable bonds is 78. The van der Waals surface area contributed by atoms with Crippen LogP contribution in [-0.2, 0) is 65.4 Å². The van der Waals surface area contributed by atoms with E-state index in [9.17, 15) is 43.2 Å². The Morgan fingerprint density at radius 3 is 0.694 bits per heavy atom. The van der Waals surface area contributed by atoms with Gasteiger partial charge in [0.2, 0.25) is 0 Å². The van der Waals surface area contributed by atoms with Crippen molar-refractivity contribution in [2.45, 2.75) is 432 Å². The summed E-state index contributed by atoms with van der Waals surface area (Å²) in [6, 6.07) is 0. The van der Waals surface area contributed by atoms with Crippen LogP contribution in [-0.4, -0.2) is 96.7 Å². The van der Waals surface area contributed by atoms with E-state index in [1.807, 2.05) is 0 Å². The number of phosphoric acid groups is 2. The molecule has 0 rings (SSSR count). The Morgan fingerprint density at radius 1 is 0.276 bits per heavy atom. The topological polar surface area (TPSA) is 237 Å². The van der Waals surface area contributed by atoms with Gasteiger partial charge in [0, 0.05) is 25.7 Å². The number of hydrogen-bond acceptors (Lipinski definition) is 15. The summed E-state index contributed by atoms with van der Waals surface area (Å²) in [4.78, 5) is 73.0. The summed E-state index contributed by atoms with van der Waals surface area (Å²) in [5, 5.41) is 10.6. The van der Waals surface area contributed by atoms with Crippen molar-refractivity contribution in [1.29, 1.82) is 0 Å². The monoisotopic (exact) mass is 1440 g/mol. The zero-order valence-corrected chi connectivity index (χ0v) is 65.9. The fraction of sp³-hybridized carbons (Fsp3) is 0.949. The second-order valence-electron chi connectivity index (χ2n) is 29.4. The smallest absolute Gasteiger partial charge is 0.462 e. The number of ether oxygens (including phenoxy) is 4. The van der Waals surface area contributed by atoms with Gasteiger partial charge in [-0.1, -0.05) is 363 Å². The maximum Gasteiger partial charge on any atom is 0.472 e. The number of aliphatic hydroxyl groups is 1. The van der Waals surface area contributed by atoms with Crippen LogP contribution in [0.4, 0.5) is 0 Å². The van der Waals surface area contributed by atoms with Crippen LogP contribution in [0.25, 0.3) is 0 Å². The Morgan fingerprint density at radius 2 is 0.469 bits per heavy atom. The summed E-state index contributed by atoms with van der Waals surface area (Å²) in [6.07, 6.45) is 59.6. The number of hydrogen-bond donors (Lipinski definition) is 3. The summed E-state index contributed by atoms with van der Waals surface area (Å²) >= 11 is 0. The highest BCUT2D eigenvalue weighted by Crippen LogP contribution is 2.45. The van der Waals surface area contributed by atoms with Crippen molar-refractivity contribution in [2.75, 3.05) is 39.6 Å². The van der Waals surface area contributed by atoms with E-state index in [4.69, 9.17) is 37.0 Å². The minimum absolute atomic E-state index is 0.107. The van der Waals surface area contributed by atoms with Gasteiger partial charge >= 0.3 is 39.5 Å². The number of aliphatic hydroxyl groups excluding tert-OH is 1. The van der Waals surface area contributed by atoms with Gasteiger partial charge in [-0.25, -0.2) is 9.13 Å². The van der Waals surface area contributed by atoms with E-state index in [2.05, 4.69) is 41.5 Å². The lowest BCUT2D eigenvalue weighted by Crippen LogP contribution is -2.30. The first-order valence-electron chi connectivity index (χ1n) is 41.0. The zero-order chi connectivity index (χ0) is 72.1. The average Bonchev–Trinajstić information content (AvgIpc) is 0.993. The molecule has 0 saturated heterocycles. The van der Waals surface area contributed by atoms with Crippen molar-refractivity contribution < 1.29 is 80.2 Å². The molecule has 0 radical (unpaired) electrons. The minimum Gasteiger partial charge on any atom is -0.462 e. The van der Waals surface area contributed by atoms with Crippen LogP contribution in [0.1, 0.15) is 414 Å². The molecule has 19 heteroatoms. The first-order valence-corrected chi connectivity index (χ1v) is 44.0. The summed E-state index contributed by atoms with van der Waals surface area (Å²) in [5.74, 6) is -0.602. The van der Waals surface area contributed by atoms with Gasteiger partial charge in [0.15, 0.2) is 12.2 Å². The van der Waals surface area contributed by atoms with Crippen LogP contribution >= 0.6 is 15.6 Å². The average molecular weight is 1440 g/mol. The molecule has 0 amide bonds. The summed E-state index contributed by atoms with van der Waals surface area (Å²) < 4.78 is 68.7. The Kier molecular flexibility index (Phi) is 69.3. The van der Waals surface area contributed by atoms with Gasteiger partial charge in [-0.3, -0.25) is 37.3 Å². The lowest BCUT2D eigenvalue weighted by atomic mass is 10.0. The highest BCUT2D eigenvalue weighted by molar-refractivity contribution is 7.47. The molecule has 2 unspecified atom stereocenters. The Bertz CT molecular complexity index is 1890. The molecule has 0 saturated carbocycles. The molecule has 0 fully saturated rings. The van der Waals surface area contributed by atoms with Gasteiger partial charge in [-0.2, -0.15) is 0 Å². The third-order valence-electron chi connectivity index (χ3n) is 18.5. The molecule has 0 aromatic carbocycles. The van der Waals surface area contributed by atoms with Gasteiger partial charge in [-0.15, -0.1) is 0 Å². The summed E-state index contributed by atoms with van der Waals surface area (Å²) in [5.41, 5.74) is 0. The molecular weight excluding hydrogens is 1280 g/mol. The number of phosphoric ester groups is 2. The Hall–Kier alpha value is -1.94. The first kappa shape index (κ1) is 96.1. The quantitative estimate of drug-likeness (QED) is 0.0222. The van der Waals surface area contributed by atoms with Gasteiger partial charge in [0.05, 0.1) is 26.4 Å². The predicted molar refractivity (Wildman–Crippen MR) is 400 cm³/mol. The molecular formula is C79H154O17P2. The number of carbonyl (C=O) groups excluding carboxylic acids is 4. The summed E-state index contributed by atoms with van der Waals surface area (Å²) in [6.45, 7) is 9.61. The first-order chi connectivity index (χ1) is 47.4. The fourth-order valence-corrected chi connectivity index (χ4v) is 13.8. The molecule has 0 heterocycles. The number of unbranched alkanes of at least 4 members (excludes halogenated alkanes) is 48.